The van der Waals surface area contributed by atoms with Crippen LogP contribution >= 0.6 is 0 Å². The fourth-order valence-electron chi connectivity index (χ4n) is 1.67. The highest BCUT2D eigenvalue weighted by molar-refractivity contribution is 5.90. The smallest absolute Gasteiger partial charge is 0.329 e. The van der Waals surface area contributed by atoms with E-state index in [9.17, 15) is 19.5 Å². The molecule has 0 aromatic heterocycles. The maximum absolute atomic E-state index is 11.6. The molecule has 8 nitrogen and oxygen atoms in total. The lowest BCUT2D eigenvalue weighted by atomic mass is 9.90. The van der Waals surface area contributed by atoms with Crippen LogP contribution in [0.2, 0.25) is 0 Å². The van der Waals surface area contributed by atoms with Crippen molar-refractivity contribution in [2.45, 2.75) is 18.4 Å². The highest BCUT2D eigenvalue weighted by Crippen LogP contribution is 2.20. The molecule has 0 atom stereocenters. The molecule has 0 unspecified atom stereocenters. The van der Waals surface area contributed by atoms with Crippen LogP contribution in [0.3, 0.4) is 0 Å². The third kappa shape index (κ3) is 3.67. The van der Waals surface area contributed by atoms with Crippen molar-refractivity contribution in [1.29, 1.82) is 0 Å². The summed E-state index contributed by atoms with van der Waals surface area (Å²) in [6.45, 7) is 0.0561. The Morgan fingerprint density at radius 1 is 1.22 bits per heavy atom. The molecule has 0 aromatic rings. The molecular weight excluding hydrogens is 242 g/mol. The minimum Gasteiger partial charge on any atom is -0.480 e. The number of hydrogen-bond acceptors (Lipinski definition) is 5. The molecule has 0 aliphatic carbocycles. The standard InChI is InChI=1S/C10H17N3O5/c11-5-7(14)12-6-8(15)13-10(9(16)17)1-3-18-4-2-10/h1-6,11H2,(H,12,14)(H,13,15)(H,16,17). The van der Waals surface area contributed by atoms with Crippen molar-refractivity contribution in [1.82, 2.24) is 10.6 Å². The van der Waals surface area contributed by atoms with Crippen molar-refractivity contribution in [3.8, 4) is 0 Å². The second-order valence-corrected chi connectivity index (χ2v) is 4.03. The third-order valence-electron chi connectivity index (χ3n) is 2.77. The zero-order valence-corrected chi connectivity index (χ0v) is 9.90. The van der Waals surface area contributed by atoms with Crippen LogP contribution in [-0.4, -0.2) is 54.7 Å². The molecule has 102 valence electrons. The fourth-order valence-corrected chi connectivity index (χ4v) is 1.67. The van der Waals surface area contributed by atoms with Crippen molar-refractivity contribution >= 4 is 17.8 Å². The number of carboxylic acid groups (broad SMARTS) is 1. The van der Waals surface area contributed by atoms with E-state index in [-0.39, 0.29) is 39.1 Å². The summed E-state index contributed by atoms with van der Waals surface area (Å²) in [7, 11) is 0. The zero-order chi connectivity index (χ0) is 13.6. The number of nitrogens with two attached hydrogens (primary N) is 1. The molecular formula is C10H17N3O5. The predicted octanol–water partition coefficient (Wildman–Crippen LogP) is -2.19. The normalized spacial score (nSPS) is 17.8. The number of ether oxygens (including phenoxy) is 1. The van der Waals surface area contributed by atoms with Gasteiger partial charge in [0.25, 0.3) is 0 Å². The predicted molar refractivity (Wildman–Crippen MR) is 60.6 cm³/mol. The van der Waals surface area contributed by atoms with Gasteiger partial charge in [-0.2, -0.15) is 0 Å². The van der Waals surface area contributed by atoms with Gasteiger partial charge in [0.2, 0.25) is 11.8 Å². The summed E-state index contributed by atoms with van der Waals surface area (Å²) in [5, 5.41) is 13.9. The molecule has 1 rings (SSSR count). The van der Waals surface area contributed by atoms with E-state index in [2.05, 4.69) is 10.6 Å². The number of carbonyl (C=O) groups excluding carboxylic acids is 2. The summed E-state index contributed by atoms with van der Waals surface area (Å²) in [5.41, 5.74) is 3.76. The number of hydrogen-bond donors (Lipinski definition) is 4. The Morgan fingerprint density at radius 3 is 2.33 bits per heavy atom. The van der Waals surface area contributed by atoms with E-state index in [4.69, 9.17) is 10.5 Å². The number of rotatable bonds is 5. The van der Waals surface area contributed by atoms with Gasteiger partial charge in [0.15, 0.2) is 0 Å². The molecule has 0 radical (unpaired) electrons. The maximum atomic E-state index is 11.6. The van der Waals surface area contributed by atoms with Gasteiger partial charge < -0.3 is 26.2 Å². The van der Waals surface area contributed by atoms with Crippen LogP contribution in [-0.2, 0) is 19.1 Å². The molecule has 1 heterocycles. The molecule has 5 N–H and O–H groups in total. The van der Waals surface area contributed by atoms with Gasteiger partial charge in [-0.05, 0) is 0 Å². The van der Waals surface area contributed by atoms with Crippen molar-refractivity contribution in [3.63, 3.8) is 0 Å². The molecule has 1 fully saturated rings. The van der Waals surface area contributed by atoms with E-state index >= 15 is 0 Å². The molecule has 2 amide bonds. The number of nitrogens with one attached hydrogen (secondary N) is 2. The van der Waals surface area contributed by atoms with E-state index in [0.717, 1.165) is 0 Å². The molecule has 8 heteroatoms. The van der Waals surface area contributed by atoms with Crippen molar-refractivity contribution in [2.75, 3.05) is 26.3 Å². The lowest BCUT2D eigenvalue weighted by molar-refractivity contribution is -0.152. The molecule has 0 aromatic carbocycles. The SMILES string of the molecule is NCC(=O)NCC(=O)NC1(C(=O)O)CCOCC1. The van der Waals surface area contributed by atoms with Crippen LogP contribution in [0.5, 0.6) is 0 Å². The summed E-state index contributed by atoms with van der Waals surface area (Å²) < 4.78 is 5.07. The highest BCUT2D eigenvalue weighted by atomic mass is 16.5. The average molecular weight is 259 g/mol. The van der Waals surface area contributed by atoms with Gasteiger partial charge in [0, 0.05) is 26.1 Å². The Bertz CT molecular complexity index is 338. The molecule has 1 aliphatic heterocycles. The fraction of sp³-hybridized carbons (Fsp3) is 0.700. The Kier molecular flexibility index (Phi) is 5.05. The second-order valence-electron chi connectivity index (χ2n) is 4.03. The second kappa shape index (κ2) is 6.31. The van der Waals surface area contributed by atoms with Crippen LogP contribution in [0.1, 0.15) is 12.8 Å². The Hall–Kier alpha value is -1.67. The molecule has 1 aliphatic rings. The average Bonchev–Trinajstić information content (AvgIpc) is 2.36. The highest BCUT2D eigenvalue weighted by Gasteiger charge is 2.41. The number of carbonyl (C=O) groups is 3. The third-order valence-corrected chi connectivity index (χ3v) is 2.77. The van der Waals surface area contributed by atoms with E-state index in [0.29, 0.717) is 0 Å². The number of aliphatic carboxylic acids is 1. The van der Waals surface area contributed by atoms with Crippen LogP contribution in [0.15, 0.2) is 0 Å². The van der Waals surface area contributed by atoms with Crippen molar-refractivity contribution < 1.29 is 24.2 Å². The Balaban J connectivity index is 2.53. The topological polar surface area (TPSA) is 131 Å². The first-order valence-corrected chi connectivity index (χ1v) is 5.59. The first-order chi connectivity index (χ1) is 8.50. The van der Waals surface area contributed by atoms with Gasteiger partial charge in [-0.3, -0.25) is 9.59 Å². The zero-order valence-electron chi connectivity index (χ0n) is 9.90. The van der Waals surface area contributed by atoms with Crippen molar-refractivity contribution in [2.24, 2.45) is 5.73 Å². The van der Waals surface area contributed by atoms with Crippen LogP contribution in [0, 0.1) is 0 Å². The van der Waals surface area contributed by atoms with E-state index < -0.39 is 23.3 Å². The molecule has 0 bridgehead atoms. The van der Waals surface area contributed by atoms with Crippen molar-refractivity contribution in [3.05, 3.63) is 0 Å². The van der Waals surface area contributed by atoms with E-state index in [1.807, 2.05) is 0 Å². The summed E-state index contributed by atoms with van der Waals surface area (Å²) in [5.74, 6) is -2.12. The molecule has 0 saturated carbocycles. The number of amides is 2. The molecule has 18 heavy (non-hydrogen) atoms. The molecule has 0 spiro atoms. The van der Waals surface area contributed by atoms with Gasteiger partial charge in [-0.25, -0.2) is 4.79 Å². The molecule has 1 saturated heterocycles. The van der Waals surface area contributed by atoms with Gasteiger partial charge >= 0.3 is 5.97 Å². The Morgan fingerprint density at radius 2 is 1.83 bits per heavy atom. The monoisotopic (exact) mass is 259 g/mol. The van der Waals surface area contributed by atoms with Gasteiger partial charge in [-0.15, -0.1) is 0 Å². The Labute approximate surface area is 104 Å². The van der Waals surface area contributed by atoms with Gasteiger partial charge in [-0.1, -0.05) is 0 Å². The minimum absolute atomic E-state index is 0.207. The van der Waals surface area contributed by atoms with Gasteiger partial charge in [0.1, 0.15) is 5.54 Å². The van der Waals surface area contributed by atoms with Gasteiger partial charge in [0.05, 0.1) is 13.1 Å². The summed E-state index contributed by atoms with van der Waals surface area (Å²) in [6, 6.07) is 0. The largest absolute Gasteiger partial charge is 0.480 e. The lowest BCUT2D eigenvalue weighted by Crippen LogP contribution is -2.59. The van der Waals surface area contributed by atoms with Crippen LogP contribution < -0.4 is 16.4 Å². The lowest BCUT2D eigenvalue weighted by Gasteiger charge is -2.33. The summed E-state index contributed by atoms with van der Waals surface area (Å²) >= 11 is 0. The number of carboxylic acids is 1. The quantitative estimate of drug-likeness (QED) is 0.443. The van der Waals surface area contributed by atoms with Crippen LogP contribution in [0.4, 0.5) is 0 Å². The minimum atomic E-state index is -1.30. The van der Waals surface area contributed by atoms with Crippen LogP contribution in [0.25, 0.3) is 0 Å². The van der Waals surface area contributed by atoms with E-state index in [1.165, 1.54) is 0 Å². The summed E-state index contributed by atoms with van der Waals surface area (Å²) in [4.78, 5) is 33.7. The summed E-state index contributed by atoms with van der Waals surface area (Å²) in [6.07, 6.45) is 0.415. The first kappa shape index (κ1) is 14.4. The first-order valence-electron chi connectivity index (χ1n) is 5.59. The van der Waals surface area contributed by atoms with E-state index in [1.54, 1.807) is 0 Å². The maximum Gasteiger partial charge on any atom is 0.329 e.